The van der Waals surface area contributed by atoms with Crippen LogP contribution >= 0.6 is 0 Å². The van der Waals surface area contributed by atoms with E-state index in [4.69, 9.17) is 0 Å². The highest BCUT2D eigenvalue weighted by molar-refractivity contribution is 6.39. The van der Waals surface area contributed by atoms with Crippen molar-refractivity contribution in [1.82, 2.24) is 9.88 Å². The maximum atomic E-state index is 13.1. The maximum absolute atomic E-state index is 13.1. The van der Waals surface area contributed by atoms with E-state index in [1.165, 1.54) is 6.08 Å². The number of nitrogens with zero attached hydrogens (tertiary/aromatic N) is 3. The molecule has 156 valence electrons. The number of aromatic nitrogens is 1. The van der Waals surface area contributed by atoms with Crippen LogP contribution in [0, 0.1) is 6.92 Å². The molecular weight excluding hydrogens is 392 g/mol. The molecule has 4 amide bonds. The van der Waals surface area contributed by atoms with Gasteiger partial charge >= 0.3 is 6.03 Å². The van der Waals surface area contributed by atoms with E-state index in [1.807, 2.05) is 73.1 Å². The predicted octanol–water partition coefficient (Wildman–Crippen LogP) is 3.52. The van der Waals surface area contributed by atoms with Crippen LogP contribution in [0.2, 0.25) is 0 Å². The van der Waals surface area contributed by atoms with Crippen molar-refractivity contribution in [1.29, 1.82) is 0 Å². The minimum atomic E-state index is -0.757. The van der Waals surface area contributed by atoms with Crippen molar-refractivity contribution >= 4 is 35.3 Å². The van der Waals surface area contributed by atoms with Crippen molar-refractivity contribution in [2.75, 3.05) is 23.9 Å². The van der Waals surface area contributed by atoms with Crippen molar-refractivity contribution < 1.29 is 14.4 Å². The first-order chi connectivity index (χ1) is 14.8. The Balaban J connectivity index is 1.71. The van der Waals surface area contributed by atoms with Gasteiger partial charge in [0.05, 0.1) is 5.69 Å². The van der Waals surface area contributed by atoms with Crippen LogP contribution in [0.15, 0.2) is 72.4 Å². The summed E-state index contributed by atoms with van der Waals surface area (Å²) in [6.45, 7) is 1.87. The summed E-state index contributed by atoms with van der Waals surface area (Å²) in [6, 6.07) is 17.8. The van der Waals surface area contributed by atoms with Crippen molar-refractivity contribution in [2.45, 2.75) is 6.92 Å². The van der Waals surface area contributed by atoms with Gasteiger partial charge in [0.25, 0.3) is 11.8 Å². The van der Waals surface area contributed by atoms with E-state index in [-0.39, 0.29) is 5.57 Å². The molecule has 7 nitrogen and oxygen atoms in total. The van der Waals surface area contributed by atoms with Gasteiger partial charge in [-0.3, -0.25) is 14.9 Å². The SMILES string of the molecule is Cc1cccc(N2C(=O)NC(=O)C(=Cc3cccn3-c3ccc(N(C)C)cc3)C2=O)c1. The second-order valence-electron chi connectivity index (χ2n) is 7.51. The van der Waals surface area contributed by atoms with E-state index in [1.54, 1.807) is 24.3 Å². The Labute approximate surface area is 180 Å². The molecule has 0 atom stereocenters. The van der Waals surface area contributed by atoms with Gasteiger partial charge in [-0.25, -0.2) is 9.69 Å². The van der Waals surface area contributed by atoms with E-state index < -0.39 is 17.8 Å². The highest BCUT2D eigenvalue weighted by Crippen LogP contribution is 2.24. The van der Waals surface area contributed by atoms with Gasteiger partial charge < -0.3 is 9.47 Å². The first kappa shape index (κ1) is 20.2. The molecule has 1 aromatic heterocycles. The summed E-state index contributed by atoms with van der Waals surface area (Å²) < 4.78 is 1.88. The fourth-order valence-electron chi connectivity index (χ4n) is 3.47. The summed E-state index contributed by atoms with van der Waals surface area (Å²) in [5.41, 5.74) is 3.80. The molecular formula is C24H22N4O3. The summed E-state index contributed by atoms with van der Waals surface area (Å²) in [5.74, 6) is -1.37. The fourth-order valence-corrected chi connectivity index (χ4v) is 3.47. The minimum Gasteiger partial charge on any atom is -0.378 e. The average molecular weight is 414 g/mol. The van der Waals surface area contributed by atoms with Crippen LogP contribution in [-0.2, 0) is 9.59 Å². The Kier molecular flexibility index (Phi) is 5.17. The number of barbiturate groups is 1. The summed E-state index contributed by atoms with van der Waals surface area (Å²) in [5, 5.41) is 2.26. The van der Waals surface area contributed by atoms with Gasteiger partial charge in [-0.15, -0.1) is 0 Å². The monoisotopic (exact) mass is 414 g/mol. The zero-order valence-corrected chi connectivity index (χ0v) is 17.5. The molecule has 0 unspecified atom stereocenters. The lowest BCUT2D eigenvalue weighted by Gasteiger charge is -2.26. The molecule has 1 saturated heterocycles. The highest BCUT2D eigenvalue weighted by atomic mass is 16.2. The molecule has 31 heavy (non-hydrogen) atoms. The summed E-state index contributed by atoms with van der Waals surface area (Å²) in [7, 11) is 3.93. The number of carbonyl (C=O) groups excluding carboxylic acids is 3. The smallest absolute Gasteiger partial charge is 0.335 e. The Morgan fingerprint density at radius 3 is 2.32 bits per heavy atom. The van der Waals surface area contributed by atoms with E-state index in [0.717, 1.165) is 21.8 Å². The van der Waals surface area contributed by atoms with Crippen LogP contribution in [0.4, 0.5) is 16.2 Å². The Bertz CT molecular complexity index is 1210. The molecule has 0 bridgehead atoms. The molecule has 0 spiro atoms. The third-order valence-electron chi connectivity index (χ3n) is 5.08. The zero-order chi connectivity index (χ0) is 22.1. The first-order valence-corrected chi connectivity index (χ1v) is 9.78. The molecule has 0 aliphatic carbocycles. The van der Waals surface area contributed by atoms with E-state index >= 15 is 0 Å². The number of imide groups is 2. The normalized spacial score (nSPS) is 15.4. The van der Waals surface area contributed by atoms with Gasteiger partial charge in [-0.05, 0) is 67.1 Å². The highest BCUT2D eigenvalue weighted by Gasteiger charge is 2.37. The second kappa shape index (κ2) is 7.95. The van der Waals surface area contributed by atoms with Gasteiger partial charge in [-0.2, -0.15) is 0 Å². The molecule has 0 saturated carbocycles. The topological polar surface area (TPSA) is 74.7 Å². The predicted molar refractivity (Wildman–Crippen MR) is 120 cm³/mol. The molecule has 4 rings (SSSR count). The van der Waals surface area contributed by atoms with Gasteiger partial charge in [0.15, 0.2) is 0 Å². The van der Waals surface area contributed by atoms with Gasteiger partial charge in [-0.1, -0.05) is 12.1 Å². The summed E-state index contributed by atoms with van der Waals surface area (Å²) in [6.07, 6.45) is 3.36. The number of rotatable bonds is 4. The molecule has 1 aliphatic heterocycles. The standard InChI is InChI=1S/C24H22N4O3/c1-16-6-4-7-20(14-16)28-23(30)21(22(29)25-24(28)31)15-19-8-5-13-27(19)18-11-9-17(10-12-18)26(2)3/h4-15H,1-3H3,(H,25,29,31). The van der Waals surface area contributed by atoms with Crippen molar-refractivity contribution in [3.05, 3.63) is 83.7 Å². The quantitative estimate of drug-likeness (QED) is 0.524. The van der Waals surface area contributed by atoms with Crippen LogP contribution in [-0.4, -0.2) is 36.5 Å². The largest absolute Gasteiger partial charge is 0.378 e. The van der Waals surface area contributed by atoms with Crippen LogP contribution in [0.25, 0.3) is 11.8 Å². The lowest BCUT2D eigenvalue weighted by Crippen LogP contribution is -2.54. The first-order valence-electron chi connectivity index (χ1n) is 9.78. The lowest BCUT2D eigenvalue weighted by atomic mass is 10.1. The van der Waals surface area contributed by atoms with Crippen LogP contribution < -0.4 is 15.1 Å². The number of hydrogen-bond donors (Lipinski definition) is 1. The molecule has 3 aromatic rings. The van der Waals surface area contributed by atoms with Crippen LogP contribution in [0.5, 0.6) is 0 Å². The lowest BCUT2D eigenvalue weighted by molar-refractivity contribution is -0.122. The number of urea groups is 1. The number of carbonyl (C=O) groups is 3. The van der Waals surface area contributed by atoms with E-state index in [0.29, 0.717) is 11.4 Å². The Morgan fingerprint density at radius 1 is 0.903 bits per heavy atom. The fraction of sp³-hybridized carbons (Fsp3) is 0.125. The average Bonchev–Trinajstić information content (AvgIpc) is 3.19. The number of anilines is 2. The molecule has 0 radical (unpaired) electrons. The zero-order valence-electron chi connectivity index (χ0n) is 17.5. The number of nitrogens with one attached hydrogen (secondary N) is 1. The van der Waals surface area contributed by atoms with Gasteiger partial charge in [0.2, 0.25) is 0 Å². The van der Waals surface area contributed by atoms with Crippen molar-refractivity contribution in [3.8, 4) is 5.69 Å². The van der Waals surface area contributed by atoms with Crippen molar-refractivity contribution in [3.63, 3.8) is 0 Å². The molecule has 1 fully saturated rings. The Hall–Kier alpha value is -4.13. The summed E-state index contributed by atoms with van der Waals surface area (Å²) in [4.78, 5) is 41.0. The molecule has 7 heteroatoms. The van der Waals surface area contributed by atoms with E-state index in [2.05, 4.69) is 5.32 Å². The van der Waals surface area contributed by atoms with Gasteiger partial charge in [0.1, 0.15) is 5.57 Å². The molecule has 1 aliphatic rings. The summed E-state index contributed by atoms with van der Waals surface area (Å²) >= 11 is 0. The van der Waals surface area contributed by atoms with E-state index in [9.17, 15) is 14.4 Å². The van der Waals surface area contributed by atoms with Crippen molar-refractivity contribution in [2.24, 2.45) is 0 Å². The molecule has 2 aromatic carbocycles. The second-order valence-corrected chi connectivity index (χ2v) is 7.51. The number of hydrogen-bond acceptors (Lipinski definition) is 4. The third-order valence-corrected chi connectivity index (χ3v) is 5.08. The minimum absolute atomic E-state index is 0.106. The number of benzene rings is 2. The van der Waals surface area contributed by atoms with Gasteiger partial charge in [0, 0.05) is 37.4 Å². The van der Waals surface area contributed by atoms with Crippen LogP contribution in [0.1, 0.15) is 11.3 Å². The molecule has 2 heterocycles. The number of aryl methyl sites for hydroxylation is 1. The third kappa shape index (κ3) is 3.85. The maximum Gasteiger partial charge on any atom is 0.335 e. The molecule has 1 N–H and O–H groups in total. The van der Waals surface area contributed by atoms with Crippen LogP contribution in [0.3, 0.4) is 0 Å². The number of amides is 4. The Morgan fingerprint density at radius 2 is 1.65 bits per heavy atom.